The number of hydrogen-bond donors (Lipinski definition) is 9. The summed E-state index contributed by atoms with van der Waals surface area (Å²) in [6.45, 7) is -0.0760. The lowest BCUT2D eigenvalue weighted by Crippen LogP contribution is -2.27. The maximum absolute atomic E-state index is 14.3. The molecule has 8 atom stereocenters. The molecule has 1 saturated carbocycles. The Labute approximate surface area is 448 Å². The number of ether oxygens (including phenoxy) is 1. The fraction of sp³-hybridized carbons (Fsp3) is 0.443. The number of aliphatic hydroxyl groups is 4. The molecule has 5 aromatic rings. The van der Waals surface area contributed by atoms with Crippen molar-refractivity contribution in [2.45, 2.75) is 119 Å². The third-order valence-corrected chi connectivity index (χ3v) is 18.9. The quantitative estimate of drug-likeness (QED) is 0.0291. The number of phenolic OH excluding ortho intramolecular Hbond substituents is 2. The van der Waals surface area contributed by atoms with Crippen LogP contribution in [-0.4, -0.2) is 85.0 Å². The van der Waals surface area contributed by atoms with Crippen LogP contribution in [0.4, 0.5) is 0 Å². The van der Waals surface area contributed by atoms with Crippen LogP contribution in [0.2, 0.25) is 0 Å². The minimum absolute atomic E-state index is 0.0262. The van der Waals surface area contributed by atoms with Crippen LogP contribution >= 0.6 is 21.6 Å². The molecule has 0 saturated heterocycles. The summed E-state index contributed by atoms with van der Waals surface area (Å²) in [5.41, 5.74) is 21.5. The van der Waals surface area contributed by atoms with Gasteiger partial charge in [-0.3, -0.25) is 9.59 Å². The van der Waals surface area contributed by atoms with Crippen molar-refractivity contribution in [3.63, 3.8) is 0 Å². The summed E-state index contributed by atoms with van der Waals surface area (Å²) in [5, 5.41) is 65.9. The van der Waals surface area contributed by atoms with E-state index in [9.17, 15) is 40.2 Å². The van der Waals surface area contributed by atoms with E-state index >= 15 is 0 Å². The lowest BCUT2D eigenvalue weighted by molar-refractivity contribution is -0.114. The number of hydrogen-bond acceptors (Lipinski definition) is 13. The maximum Gasteiger partial charge on any atom is 0.165 e. The number of nitrogens with two attached hydrogens (primary N) is 2. The Morgan fingerprint density at radius 1 is 0.853 bits per heavy atom. The molecule has 14 heteroatoms. The largest absolute Gasteiger partial charge is 0.508 e. The van der Waals surface area contributed by atoms with E-state index in [1.165, 1.54) is 11.1 Å². The van der Waals surface area contributed by atoms with Gasteiger partial charge in [-0.2, -0.15) is 0 Å². The predicted octanol–water partition coefficient (Wildman–Crippen LogP) is 8.85. The number of ketones is 2. The standard InChI is InChI=1S/C61H71N3O9S2/c62-60(63)51-28-42-5-3-7-54-49(18-22-64-54)57(71)30-52-50(42)29-44(51)35-74-75-36-45-31-61(32-58(45)72,20-16-40(27-47(68)34-66)39-11-12-43(33-65)48-6-2-1-4-41(48)26-39)21-17-46(67)13-8-37-10-15-56(70)59(25-37)73-23-19-38-9-14-55(69)53(52)24-38/h1-2,4,6,9-10,14-15,17-18,21-22,24-25,28-29,39-40,43,45,47,52,58,60,64-66,68-70,72H,7-8,11-13,16,19-20,23,26-27,30-36,62-63H2. The number of aromatic nitrogens is 1. The first-order valence-corrected chi connectivity index (χ1v) is 29.0. The molecule has 0 radical (unpaired) electrons. The first kappa shape index (κ1) is 54.4. The predicted molar refractivity (Wildman–Crippen MR) is 296 cm³/mol. The van der Waals surface area contributed by atoms with Crippen LogP contribution in [0.3, 0.4) is 0 Å². The molecular formula is C61H71N3O9S2. The number of benzene rings is 4. The number of H-pyrrole nitrogens is 1. The highest BCUT2D eigenvalue weighted by molar-refractivity contribution is 8.76. The van der Waals surface area contributed by atoms with E-state index in [0.717, 1.165) is 59.2 Å². The van der Waals surface area contributed by atoms with Gasteiger partial charge in [0, 0.05) is 77.8 Å². The molecule has 8 unspecified atom stereocenters. The lowest BCUT2D eigenvalue weighted by Gasteiger charge is -2.33. The fourth-order valence-corrected chi connectivity index (χ4v) is 14.8. The topological polar surface area (TPSA) is 233 Å². The van der Waals surface area contributed by atoms with Gasteiger partial charge in [-0.1, -0.05) is 88.0 Å². The molecule has 2 heterocycles. The SMILES string of the molecule is NC(N)c1cc2c3cc1CSSCC1CC(CCC(CC(O)CO)C4CCC(CO)c5ccccc5C4)(C=CC(=O)CCc4ccc(O)c(c4)OCCc4ccc(O)c(c4)C3CC(=O)c3cc[nH]c3CC#C2)CC1O. The van der Waals surface area contributed by atoms with Crippen molar-refractivity contribution in [1.82, 2.24) is 4.98 Å². The molecule has 0 amide bonds. The minimum Gasteiger partial charge on any atom is -0.508 e. The van der Waals surface area contributed by atoms with E-state index in [2.05, 4.69) is 29.0 Å². The highest BCUT2D eigenvalue weighted by Crippen LogP contribution is 2.51. The van der Waals surface area contributed by atoms with Gasteiger partial charge in [0.15, 0.2) is 23.1 Å². The van der Waals surface area contributed by atoms with Crippen molar-refractivity contribution in [3.8, 4) is 29.1 Å². The van der Waals surface area contributed by atoms with Crippen molar-refractivity contribution < 1.29 is 45.0 Å². The fourth-order valence-electron chi connectivity index (χ4n) is 12.3. The van der Waals surface area contributed by atoms with Crippen LogP contribution in [0.25, 0.3) is 0 Å². The number of phenols is 2. The molecule has 1 aromatic heterocycles. The van der Waals surface area contributed by atoms with Gasteiger partial charge in [0.2, 0.25) is 0 Å². The van der Waals surface area contributed by atoms with Gasteiger partial charge in [0.25, 0.3) is 0 Å². The third-order valence-electron chi connectivity index (χ3n) is 16.4. The summed E-state index contributed by atoms with van der Waals surface area (Å²) < 4.78 is 6.18. The second kappa shape index (κ2) is 24.8. The Bertz CT molecular complexity index is 2930. The Kier molecular flexibility index (Phi) is 18.0. The number of allylic oxidation sites excluding steroid dienone is 2. The molecule has 3 aliphatic carbocycles. The second-order valence-electron chi connectivity index (χ2n) is 21.4. The van der Waals surface area contributed by atoms with Crippen molar-refractivity contribution in [2.75, 3.05) is 25.6 Å². The molecule has 11 N–H and O–H groups in total. The number of aliphatic hydroxyl groups excluding tert-OH is 4. The lowest BCUT2D eigenvalue weighted by atomic mass is 9.73. The number of carbonyl (C=O) groups is 2. The zero-order chi connectivity index (χ0) is 52.6. The smallest absolute Gasteiger partial charge is 0.165 e. The van der Waals surface area contributed by atoms with Crippen LogP contribution in [0.15, 0.2) is 97.2 Å². The van der Waals surface area contributed by atoms with Crippen LogP contribution in [0.1, 0.15) is 142 Å². The molecule has 9 rings (SSSR count). The monoisotopic (exact) mass is 1050 g/mol. The van der Waals surface area contributed by atoms with Crippen LogP contribution in [-0.2, 0) is 36.2 Å². The van der Waals surface area contributed by atoms with Gasteiger partial charge < -0.3 is 51.8 Å². The average molecular weight is 1050 g/mol. The van der Waals surface area contributed by atoms with Gasteiger partial charge in [-0.25, -0.2) is 0 Å². The van der Waals surface area contributed by atoms with Gasteiger partial charge in [-0.15, -0.1) is 0 Å². The highest BCUT2D eigenvalue weighted by Gasteiger charge is 2.44. The summed E-state index contributed by atoms with van der Waals surface area (Å²) >= 11 is 0. The number of Topliss-reactive ketones (excluding diaryl/α,β-unsaturated/α-hetero) is 1. The summed E-state index contributed by atoms with van der Waals surface area (Å²) in [6, 6.07) is 24.6. The molecule has 1 fully saturated rings. The highest BCUT2D eigenvalue weighted by atomic mass is 33.1. The van der Waals surface area contributed by atoms with Crippen LogP contribution < -0.4 is 16.2 Å². The summed E-state index contributed by atoms with van der Waals surface area (Å²) in [4.78, 5) is 31.3. The summed E-state index contributed by atoms with van der Waals surface area (Å²) in [7, 11) is 3.30. The molecule has 12 nitrogen and oxygen atoms in total. The summed E-state index contributed by atoms with van der Waals surface area (Å²) in [6.07, 6.45) is 10.0. The Hall–Kier alpha value is -5.34. The normalized spacial score (nSPS) is 24.3. The minimum atomic E-state index is -0.886. The zero-order valence-electron chi connectivity index (χ0n) is 42.5. The number of aromatic hydroxyl groups is 2. The van der Waals surface area contributed by atoms with E-state index < -0.39 is 29.7 Å². The van der Waals surface area contributed by atoms with Gasteiger partial charge in [0.1, 0.15) is 5.75 Å². The van der Waals surface area contributed by atoms with Gasteiger partial charge in [0.05, 0.1) is 38.0 Å². The molecule has 1 aliphatic heterocycles. The first-order valence-electron chi connectivity index (χ1n) is 26.5. The molecule has 4 aromatic carbocycles. The maximum atomic E-state index is 14.3. The second-order valence-corrected chi connectivity index (χ2v) is 23.9. The van der Waals surface area contributed by atoms with Crippen molar-refractivity contribution in [3.05, 3.63) is 159 Å². The van der Waals surface area contributed by atoms with Crippen molar-refractivity contribution >= 4 is 33.2 Å². The average Bonchev–Trinajstić information content (AvgIpc) is 3.95. The van der Waals surface area contributed by atoms with Gasteiger partial charge >= 0.3 is 0 Å². The molecular weight excluding hydrogens is 983 g/mol. The zero-order valence-corrected chi connectivity index (χ0v) is 44.1. The summed E-state index contributed by atoms with van der Waals surface area (Å²) in [5.74, 6) is 7.53. The number of aryl methyl sites for hydroxylation is 1. The van der Waals surface area contributed by atoms with E-state index in [4.69, 9.17) is 16.2 Å². The molecule has 75 heavy (non-hydrogen) atoms. The van der Waals surface area contributed by atoms with Crippen LogP contribution in [0, 0.1) is 35.0 Å². The Balaban J connectivity index is 1.04. The van der Waals surface area contributed by atoms with E-state index in [1.54, 1.807) is 64.2 Å². The Morgan fingerprint density at radius 3 is 2.48 bits per heavy atom. The first-order chi connectivity index (χ1) is 36.3. The van der Waals surface area contributed by atoms with E-state index in [0.29, 0.717) is 78.9 Å². The number of fused-ring (bicyclic) bond motifs is 10. The molecule has 396 valence electrons. The van der Waals surface area contributed by atoms with Gasteiger partial charge in [-0.05, 0) is 156 Å². The number of carbonyl (C=O) groups excluding carboxylic acids is 2. The van der Waals surface area contributed by atoms with Crippen molar-refractivity contribution in [2.24, 2.45) is 34.6 Å². The van der Waals surface area contributed by atoms with E-state index in [1.807, 2.05) is 42.5 Å². The van der Waals surface area contributed by atoms with E-state index in [-0.39, 0.29) is 79.4 Å². The van der Waals surface area contributed by atoms with Crippen LogP contribution in [0.5, 0.6) is 17.2 Å². The van der Waals surface area contributed by atoms with Crippen molar-refractivity contribution in [1.29, 1.82) is 0 Å². The molecule has 8 bridgehead atoms. The molecule has 4 aliphatic rings. The number of rotatable bonds is 9. The third kappa shape index (κ3) is 13.1. The number of nitrogens with one attached hydrogen (secondary N) is 1. The molecule has 0 spiro atoms. The number of aromatic amines is 1. The Morgan fingerprint density at radius 2 is 1.67 bits per heavy atom.